The van der Waals surface area contributed by atoms with Gasteiger partial charge in [-0.15, -0.1) is 0 Å². The minimum absolute atomic E-state index is 0.0599. The van der Waals surface area contributed by atoms with Crippen LogP contribution in [-0.4, -0.2) is 36.9 Å². The normalized spacial score (nSPS) is 16.5. The van der Waals surface area contributed by atoms with Crippen molar-refractivity contribution in [2.75, 3.05) is 25.5 Å². The number of hydrogen-bond donors (Lipinski definition) is 1. The largest absolute Gasteiger partial charge is 0.495 e. The third-order valence-corrected chi connectivity index (χ3v) is 4.82. The van der Waals surface area contributed by atoms with Crippen molar-refractivity contribution >= 4 is 29.1 Å². The Bertz CT molecular complexity index is 842. The molecule has 0 aliphatic carbocycles. The molecule has 2 aromatic rings. The predicted octanol–water partition coefficient (Wildman–Crippen LogP) is 3.52. The number of halogens is 2. The van der Waals surface area contributed by atoms with Crippen molar-refractivity contribution in [3.63, 3.8) is 0 Å². The fourth-order valence-corrected chi connectivity index (χ4v) is 3.26. The maximum absolute atomic E-state index is 13.0. The van der Waals surface area contributed by atoms with Gasteiger partial charge in [0.25, 0.3) is 0 Å². The molecule has 0 unspecified atom stereocenters. The van der Waals surface area contributed by atoms with Crippen LogP contribution in [0.1, 0.15) is 12.0 Å². The van der Waals surface area contributed by atoms with Crippen LogP contribution in [0.5, 0.6) is 5.75 Å². The molecule has 7 heteroatoms. The zero-order chi connectivity index (χ0) is 19.4. The molecule has 1 heterocycles. The number of anilines is 1. The second-order valence-corrected chi connectivity index (χ2v) is 6.89. The molecule has 0 radical (unpaired) electrons. The van der Waals surface area contributed by atoms with Gasteiger partial charge in [-0.3, -0.25) is 9.59 Å². The van der Waals surface area contributed by atoms with Crippen LogP contribution in [0.3, 0.4) is 0 Å². The summed E-state index contributed by atoms with van der Waals surface area (Å²) in [4.78, 5) is 26.5. The summed E-state index contributed by atoms with van der Waals surface area (Å²) in [6.07, 6.45) is 0.778. The van der Waals surface area contributed by atoms with E-state index in [1.54, 1.807) is 35.2 Å². The van der Waals surface area contributed by atoms with Gasteiger partial charge in [-0.1, -0.05) is 23.7 Å². The van der Waals surface area contributed by atoms with Gasteiger partial charge in [-0.25, -0.2) is 4.39 Å². The van der Waals surface area contributed by atoms with Gasteiger partial charge >= 0.3 is 0 Å². The molecule has 1 fully saturated rings. The van der Waals surface area contributed by atoms with Gasteiger partial charge in [0.05, 0.1) is 18.7 Å². The Morgan fingerprint density at radius 3 is 2.74 bits per heavy atom. The van der Waals surface area contributed by atoms with E-state index in [1.807, 2.05) is 0 Å². The average Bonchev–Trinajstić information content (AvgIpc) is 3.02. The number of rotatable bonds is 6. The van der Waals surface area contributed by atoms with Crippen molar-refractivity contribution in [2.24, 2.45) is 5.92 Å². The predicted molar refractivity (Wildman–Crippen MR) is 101 cm³/mol. The fraction of sp³-hybridized carbons (Fsp3) is 0.300. The Balaban J connectivity index is 1.58. The van der Waals surface area contributed by atoms with Gasteiger partial charge < -0.3 is 15.0 Å². The molecule has 142 valence electrons. The van der Waals surface area contributed by atoms with E-state index in [0.717, 1.165) is 5.56 Å². The van der Waals surface area contributed by atoms with Crippen LogP contribution in [0.2, 0.25) is 5.02 Å². The number of amides is 2. The van der Waals surface area contributed by atoms with E-state index in [4.69, 9.17) is 16.3 Å². The number of nitrogens with zero attached hydrogens (tertiary/aromatic N) is 1. The lowest BCUT2D eigenvalue weighted by Crippen LogP contribution is -2.30. The van der Waals surface area contributed by atoms with Crippen molar-refractivity contribution < 1.29 is 18.7 Å². The molecule has 0 aromatic heterocycles. The number of hydrogen-bond acceptors (Lipinski definition) is 3. The summed E-state index contributed by atoms with van der Waals surface area (Å²) in [5, 5.41) is 3.28. The van der Waals surface area contributed by atoms with Crippen LogP contribution in [0.4, 0.5) is 10.1 Å². The van der Waals surface area contributed by atoms with Crippen molar-refractivity contribution in [1.82, 2.24) is 4.90 Å². The number of likely N-dealkylation sites (tertiary alicyclic amines) is 1. The molecular formula is C20H20ClFN2O3. The van der Waals surface area contributed by atoms with Crippen molar-refractivity contribution in [1.29, 1.82) is 0 Å². The number of methoxy groups -OCH3 is 1. The van der Waals surface area contributed by atoms with Crippen molar-refractivity contribution in [2.45, 2.75) is 12.8 Å². The first-order valence-electron chi connectivity index (χ1n) is 8.63. The third-order valence-electron chi connectivity index (χ3n) is 4.59. The number of carbonyl (C=O) groups is 2. The second-order valence-electron chi connectivity index (χ2n) is 6.45. The highest BCUT2D eigenvalue weighted by molar-refractivity contribution is 6.31. The summed E-state index contributed by atoms with van der Waals surface area (Å²) in [5.41, 5.74) is 1.42. The van der Waals surface area contributed by atoms with E-state index < -0.39 is 5.92 Å². The molecule has 1 aliphatic rings. The average molecular weight is 391 g/mol. The quantitative estimate of drug-likeness (QED) is 0.821. The molecule has 3 rings (SSSR count). The SMILES string of the molecule is COc1ccc(Cl)cc1NC(=O)[C@@H]1CC(=O)N(CCc2ccc(F)cc2)C1. The van der Waals surface area contributed by atoms with Crippen molar-refractivity contribution in [3.05, 3.63) is 58.9 Å². The van der Waals surface area contributed by atoms with E-state index in [2.05, 4.69) is 5.32 Å². The third kappa shape index (κ3) is 4.77. The van der Waals surface area contributed by atoms with Crippen LogP contribution in [0, 0.1) is 11.7 Å². The highest BCUT2D eigenvalue weighted by atomic mass is 35.5. The van der Waals surface area contributed by atoms with Crippen LogP contribution in [0.25, 0.3) is 0 Å². The Labute approximate surface area is 162 Å². The molecule has 27 heavy (non-hydrogen) atoms. The van der Waals surface area contributed by atoms with E-state index in [1.165, 1.54) is 19.2 Å². The van der Waals surface area contributed by atoms with Crippen LogP contribution >= 0.6 is 11.6 Å². The molecule has 2 aromatic carbocycles. The summed E-state index contributed by atoms with van der Waals surface area (Å²) in [7, 11) is 1.51. The minimum atomic E-state index is -0.436. The molecule has 5 nitrogen and oxygen atoms in total. The Kier molecular flexibility index (Phi) is 5.96. The van der Waals surface area contributed by atoms with Crippen LogP contribution in [-0.2, 0) is 16.0 Å². The van der Waals surface area contributed by atoms with Crippen LogP contribution in [0.15, 0.2) is 42.5 Å². The smallest absolute Gasteiger partial charge is 0.229 e. The number of benzene rings is 2. The maximum Gasteiger partial charge on any atom is 0.229 e. The minimum Gasteiger partial charge on any atom is -0.495 e. The maximum atomic E-state index is 13.0. The number of carbonyl (C=O) groups excluding carboxylic acids is 2. The zero-order valence-corrected chi connectivity index (χ0v) is 15.6. The number of nitrogens with one attached hydrogen (secondary N) is 1. The first kappa shape index (κ1) is 19.2. The van der Waals surface area contributed by atoms with E-state index in [9.17, 15) is 14.0 Å². The van der Waals surface area contributed by atoms with Crippen molar-refractivity contribution in [3.8, 4) is 5.75 Å². The molecule has 1 aliphatic heterocycles. The van der Waals surface area contributed by atoms with E-state index in [-0.39, 0.29) is 24.1 Å². The summed E-state index contributed by atoms with van der Waals surface area (Å²) >= 11 is 5.98. The Hall–Kier alpha value is -2.60. The van der Waals surface area contributed by atoms with E-state index in [0.29, 0.717) is 36.0 Å². The lowest BCUT2D eigenvalue weighted by molar-refractivity contribution is -0.128. The fourth-order valence-electron chi connectivity index (χ4n) is 3.09. The monoisotopic (exact) mass is 390 g/mol. The van der Waals surface area contributed by atoms with Crippen LogP contribution < -0.4 is 10.1 Å². The second kappa shape index (κ2) is 8.39. The highest BCUT2D eigenvalue weighted by Crippen LogP contribution is 2.29. The first-order valence-corrected chi connectivity index (χ1v) is 9.00. The molecule has 2 amide bonds. The standard InChI is InChI=1S/C20H20ClFN2O3/c1-27-18-7-4-15(21)11-17(18)23-20(26)14-10-19(25)24(12-14)9-8-13-2-5-16(22)6-3-13/h2-7,11,14H,8-10,12H2,1H3,(H,23,26)/t14-/m1/s1. The van der Waals surface area contributed by atoms with E-state index >= 15 is 0 Å². The van der Waals surface area contributed by atoms with Gasteiger partial charge in [0.15, 0.2) is 0 Å². The zero-order valence-electron chi connectivity index (χ0n) is 14.9. The molecule has 1 atom stereocenters. The summed E-state index contributed by atoms with van der Waals surface area (Å²) in [6, 6.07) is 11.2. The topological polar surface area (TPSA) is 58.6 Å². The first-order chi connectivity index (χ1) is 13.0. The van der Waals surface area contributed by atoms with Gasteiger partial charge in [-0.05, 0) is 42.3 Å². The summed E-state index contributed by atoms with van der Waals surface area (Å²) < 4.78 is 18.2. The summed E-state index contributed by atoms with van der Waals surface area (Å²) in [6.45, 7) is 0.851. The molecular weight excluding hydrogens is 371 g/mol. The summed E-state index contributed by atoms with van der Waals surface area (Å²) in [5.74, 6) is -0.521. The van der Waals surface area contributed by atoms with Gasteiger partial charge in [0.2, 0.25) is 11.8 Å². The Morgan fingerprint density at radius 2 is 2.04 bits per heavy atom. The molecule has 1 saturated heterocycles. The molecule has 1 N–H and O–H groups in total. The highest BCUT2D eigenvalue weighted by Gasteiger charge is 2.34. The lowest BCUT2D eigenvalue weighted by atomic mass is 10.1. The van der Waals surface area contributed by atoms with Gasteiger partial charge in [0, 0.05) is 24.5 Å². The molecule has 0 spiro atoms. The Morgan fingerprint density at radius 1 is 1.30 bits per heavy atom. The van der Waals surface area contributed by atoms with Gasteiger partial charge in [0.1, 0.15) is 11.6 Å². The molecule has 0 saturated carbocycles. The molecule has 0 bridgehead atoms. The van der Waals surface area contributed by atoms with Gasteiger partial charge in [-0.2, -0.15) is 0 Å². The lowest BCUT2D eigenvalue weighted by Gasteiger charge is -2.17. The number of ether oxygens (including phenoxy) is 1.